The van der Waals surface area contributed by atoms with Crippen molar-refractivity contribution in [3.8, 4) is 0 Å². The van der Waals surface area contributed by atoms with E-state index in [4.69, 9.17) is 5.14 Å². The lowest BCUT2D eigenvalue weighted by atomic mass is 10.1. The van der Waals surface area contributed by atoms with Crippen molar-refractivity contribution < 1.29 is 8.42 Å². The molecule has 1 heterocycles. The zero-order valence-electron chi connectivity index (χ0n) is 9.59. The summed E-state index contributed by atoms with van der Waals surface area (Å²) in [6.45, 7) is 2.20. The first kappa shape index (κ1) is 12.7. The van der Waals surface area contributed by atoms with Crippen molar-refractivity contribution in [1.82, 2.24) is 0 Å². The Balaban J connectivity index is 2.08. The van der Waals surface area contributed by atoms with Crippen molar-refractivity contribution in [2.24, 2.45) is 5.14 Å². The summed E-state index contributed by atoms with van der Waals surface area (Å²) in [5.74, 6) is 1.17. The third kappa shape index (κ3) is 3.14. The summed E-state index contributed by atoms with van der Waals surface area (Å²) in [5, 5.41) is 9.04. The van der Waals surface area contributed by atoms with Gasteiger partial charge in [-0.2, -0.15) is 11.8 Å². The van der Waals surface area contributed by atoms with Crippen LogP contribution in [0.15, 0.2) is 29.2 Å². The Morgan fingerprint density at radius 3 is 2.47 bits per heavy atom. The van der Waals surface area contributed by atoms with E-state index in [1.54, 1.807) is 12.1 Å². The summed E-state index contributed by atoms with van der Waals surface area (Å²) in [4.78, 5) is 0.150. The van der Waals surface area contributed by atoms with Crippen LogP contribution in [-0.2, 0) is 10.0 Å². The van der Waals surface area contributed by atoms with Gasteiger partial charge in [-0.15, -0.1) is 0 Å². The van der Waals surface area contributed by atoms with Gasteiger partial charge in [-0.3, -0.25) is 0 Å². The van der Waals surface area contributed by atoms with Gasteiger partial charge in [0.25, 0.3) is 0 Å². The zero-order chi connectivity index (χ0) is 12.5. The molecule has 1 aromatic carbocycles. The molecule has 0 amide bonds. The van der Waals surface area contributed by atoms with Gasteiger partial charge < -0.3 is 5.32 Å². The number of sulfonamides is 1. The van der Waals surface area contributed by atoms with Crippen LogP contribution in [0.5, 0.6) is 0 Å². The molecule has 0 saturated carbocycles. The number of nitrogens with two attached hydrogens (primary N) is 1. The summed E-state index contributed by atoms with van der Waals surface area (Å²) in [5.41, 5.74) is 0.941. The first-order valence-electron chi connectivity index (χ1n) is 5.48. The van der Waals surface area contributed by atoms with Crippen LogP contribution in [0.2, 0.25) is 0 Å². The highest BCUT2D eigenvalue weighted by Gasteiger charge is 2.23. The van der Waals surface area contributed by atoms with E-state index >= 15 is 0 Å². The predicted octanol–water partition coefficient (Wildman–Crippen LogP) is 1.64. The normalized spacial score (nSPS) is 24.8. The van der Waals surface area contributed by atoms with Crippen LogP contribution in [0, 0.1) is 0 Å². The van der Waals surface area contributed by atoms with Crippen LogP contribution in [-0.4, -0.2) is 25.5 Å². The van der Waals surface area contributed by atoms with Crippen molar-refractivity contribution in [3.63, 3.8) is 0 Å². The molecule has 0 aromatic heterocycles. The molecule has 1 aromatic rings. The molecule has 0 spiro atoms. The van der Waals surface area contributed by atoms with E-state index in [0.717, 1.165) is 12.1 Å². The first-order chi connectivity index (χ1) is 7.97. The molecule has 0 aliphatic carbocycles. The van der Waals surface area contributed by atoms with Crippen LogP contribution in [0.25, 0.3) is 0 Å². The average Bonchev–Trinajstić information content (AvgIpc) is 2.64. The first-order valence-corrected chi connectivity index (χ1v) is 8.07. The van der Waals surface area contributed by atoms with Gasteiger partial charge in [0, 0.05) is 17.0 Å². The van der Waals surface area contributed by atoms with Gasteiger partial charge in [-0.1, -0.05) is 6.92 Å². The standard InChI is InChI=1S/C11H16N2O2S2/c1-8-11(6-7-16-8)13-9-2-4-10(5-3-9)17(12,14)15/h2-5,8,11,13H,6-7H2,1H3,(H2,12,14,15). The third-order valence-corrected chi connectivity index (χ3v) is 5.17. The molecule has 4 nitrogen and oxygen atoms in total. The van der Waals surface area contributed by atoms with E-state index in [1.165, 1.54) is 17.9 Å². The van der Waals surface area contributed by atoms with Crippen molar-refractivity contribution in [2.75, 3.05) is 11.1 Å². The van der Waals surface area contributed by atoms with Gasteiger partial charge in [-0.25, -0.2) is 13.6 Å². The second-order valence-corrected chi connectivity index (χ2v) is 7.23. The van der Waals surface area contributed by atoms with Crippen molar-refractivity contribution >= 4 is 27.5 Å². The van der Waals surface area contributed by atoms with E-state index in [-0.39, 0.29) is 4.90 Å². The molecule has 2 unspecified atom stereocenters. The average molecular weight is 272 g/mol. The number of thioether (sulfide) groups is 1. The molecule has 1 aliphatic heterocycles. The number of anilines is 1. The van der Waals surface area contributed by atoms with Gasteiger partial charge in [-0.05, 0) is 36.4 Å². The minimum absolute atomic E-state index is 0.150. The lowest BCUT2D eigenvalue weighted by Gasteiger charge is -2.17. The van der Waals surface area contributed by atoms with Crippen molar-refractivity contribution in [3.05, 3.63) is 24.3 Å². The zero-order valence-corrected chi connectivity index (χ0v) is 11.2. The van der Waals surface area contributed by atoms with Gasteiger partial charge in [0.2, 0.25) is 10.0 Å². The molecule has 94 valence electrons. The number of nitrogens with one attached hydrogen (secondary N) is 1. The Morgan fingerprint density at radius 2 is 2.00 bits per heavy atom. The van der Waals surface area contributed by atoms with Crippen LogP contribution in [0.4, 0.5) is 5.69 Å². The molecule has 2 atom stereocenters. The molecular formula is C11H16N2O2S2. The molecule has 1 saturated heterocycles. The summed E-state index contributed by atoms with van der Waals surface area (Å²) in [6, 6.07) is 7.04. The van der Waals surface area contributed by atoms with Crippen molar-refractivity contribution in [2.45, 2.75) is 29.5 Å². The lowest BCUT2D eigenvalue weighted by molar-refractivity contribution is 0.598. The molecule has 3 N–H and O–H groups in total. The molecule has 2 rings (SSSR count). The third-order valence-electron chi connectivity index (χ3n) is 2.91. The van der Waals surface area contributed by atoms with E-state index in [9.17, 15) is 8.42 Å². The maximum Gasteiger partial charge on any atom is 0.238 e. The SMILES string of the molecule is CC1SCCC1Nc1ccc(S(N)(=O)=O)cc1. The number of benzene rings is 1. The van der Waals surface area contributed by atoms with E-state index in [2.05, 4.69) is 12.2 Å². The van der Waals surface area contributed by atoms with Crippen LogP contribution < -0.4 is 10.5 Å². The maximum atomic E-state index is 11.1. The fourth-order valence-corrected chi connectivity index (χ4v) is 3.59. The molecule has 0 bridgehead atoms. The largest absolute Gasteiger partial charge is 0.381 e. The topological polar surface area (TPSA) is 72.2 Å². The molecular weight excluding hydrogens is 256 g/mol. The van der Waals surface area contributed by atoms with E-state index in [1.807, 2.05) is 11.8 Å². The Hall–Kier alpha value is -0.720. The van der Waals surface area contributed by atoms with Crippen LogP contribution in [0.1, 0.15) is 13.3 Å². The molecule has 1 fully saturated rings. The van der Waals surface area contributed by atoms with Gasteiger partial charge >= 0.3 is 0 Å². The highest BCUT2D eigenvalue weighted by Crippen LogP contribution is 2.28. The lowest BCUT2D eigenvalue weighted by Crippen LogP contribution is -2.24. The molecule has 6 heteroatoms. The fraction of sp³-hybridized carbons (Fsp3) is 0.455. The summed E-state index contributed by atoms with van der Waals surface area (Å²) in [7, 11) is -3.59. The van der Waals surface area contributed by atoms with Gasteiger partial charge in [0.1, 0.15) is 0 Å². The Bertz CT molecular complexity index is 485. The van der Waals surface area contributed by atoms with Crippen LogP contribution >= 0.6 is 11.8 Å². The Kier molecular flexibility index (Phi) is 3.65. The van der Waals surface area contributed by atoms with Gasteiger partial charge in [0.05, 0.1) is 4.90 Å². The highest BCUT2D eigenvalue weighted by atomic mass is 32.2. The molecule has 1 aliphatic rings. The monoisotopic (exact) mass is 272 g/mol. The van der Waals surface area contributed by atoms with Crippen LogP contribution in [0.3, 0.4) is 0 Å². The minimum Gasteiger partial charge on any atom is -0.381 e. The van der Waals surface area contributed by atoms with Crippen molar-refractivity contribution in [1.29, 1.82) is 0 Å². The van der Waals surface area contributed by atoms with Gasteiger partial charge in [0.15, 0.2) is 0 Å². The minimum atomic E-state index is -3.59. The Morgan fingerprint density at radius 1 is 1.35 bits per heavy atom. The Labute approximate surface area is 106 Å². The molecule has 0 radical (unpaired) electrons. The summed E-state index contributed by atoms with van der Waals surface area (Å²) >= 11 is 1.95. The highest BCUT2D eigenvalue weighted by molar-refractivity contribution is 8.00. The number of primary sulfonamides is 1. The number of hydrogen-bond acceptors (Lipinski definition) is 4. The second-order valence-electron chi connectivity index (χ2n) is 4.18. The predicted molar refractivity (Wildman–Crippen MR) is 71.8 cm³/mol. The number of rotatable bonds is 3. The molecule has 17 heavy (non-hydrogen) atoms. The maximum absolute atomic E-state index is 11.1. The fourth-order valence-electron chi connectivity index (χ4n) is 1.88. The van der Waals surface area contributed by atoms with E-state index in [0.29, 0.717) is 11.3 Å². The van der Waals surface area contributed by atoms with E-state index < -0.39 is 10.0 Å². The smallest absolute Gasteiger partial charge is 0.238 e. The second kappa shape index (κ2) is 4.88. The summed E-state index contributed by atoms with van der Waals surface area (Å²) < 4.78 is 22.2. The number of hydrogen-bond donors (Lipinski definition) is 2. The quantitative estimate of drug-likeness (QED) is 0.877. The summed E-state index contributed by atoms with van der Waals surface area (Å²) in [6.07, 6.45) is 1.14.